The monoisotopic (exact) mass is 277 g/mol. The molecule has 2 unspecified atom stereocenters. The molecule has 3 nitrogen and oxygen atoms in total. The molecule has 19 heavy (non-hydrogen) atoms. The largest absolute Gasteiger partial charge is 0.466 e. The lowest BCUT2D eigenvalue weighted by atomic mass is 9.72. The number of nitrogens with two attached hydrogens (primary N) is 1. The lowest BCUT2D eigenvalue weighted by Gasteiger charge is -2.36. The molecular weight excluding hydrogens is 252 g/mol. The third kappa shape index (κ3) is 4.13. The third-order valence-corrected chi connectivity index (χ3v) is 4.20. The Bertz CT molecular complexity index is 304. The second-order valence-corrected chi connectivity index (χ2v) is 5.58. The van der Waals surface area contributed by atoms with Gasteiger partial charge in [0.1, 0.15) is 0 Å². The molecule has 1 aliphatic rings. The van der Waals surface area contributed by atoms with Crippen LogP contribution >= 0.6 is 0 Å². The molecule has 1 aliphatic carbocycles. The fourth-order valence-electron chi connectivity index (χ4n) is 2.97. The molecule has 0 aromatic carbocycles. The van der Waals surface area contributed by atoms with Crippen molar-refractivity contribution in [2.75, 3.05) is 13.2 Å². The predicted octanol–water partition coefficient (Wildman–Crippen LogP) is 3.12. The number of hydrogen-bond donors (Lipinski definition) is 1. The highest BCUT2D eigenvalue weighted by atomic mass is 19.3. The number of alkyl halides is 2. The summed E-state index contributed by atoms with van der Waals surface area (Å²) in [6, 6.07) is 0. The van der Waals surface area contributed by atoms with Crippen molar-refractivity contribution in [1.29, 1.82) is 0 Å². The second-order valence-electron chi connectivity index (χ2n) is 5.58. The number of esters is 1. The Morgan fingerprint density at radius 2 is 2.16 bits per heavy atom. The average Bonchev–Trinajstić information content (AvgIpc) is 2.35. The predicted molar refractivity (Wildman–Crippen MR) is 69.9 cm³/mol. The first-order chi connectivity index (χ1) is 8.89. The second kappa shape index (κ2) is 6.64. The van der Waals surface area contributed by atoms with Gasteiger partial charge in [0.05, 0.1) is 12.0 Å². The zero-order valence-electron chi connectivity index (χ0n) is 11.9. The highest BCUT2D eigenvalue weighted by molar-refractivity contribution is 5.77. The summed E-state index contributed by atoms with van der Waals surface area (Å²) in [6.45, 7) is 4.06. The number of carbonyl (C=O) groups is 1. The van der Waals surface area contributed by atoms with Crippen molar-refractivity contribution < 1.29 is 18.3 Å². The first-order valence-electron chi connectivity index (χ1n) is 7.14. The molecule has 0 radical (unpaired) electrons. The molecule has 0 amide bonds. The molecule has 1 rings (SSSR count). The van der Waals surface area contributed by atoms with Crippen molar-refractivity contribution in [2.45, 2.75) is 58.3 Å². The molecule has 1 saturated carbocycles. The fraction of sp³-hybridized carbons (Fsp3) is 0.929. The van der Waals surface area contributed by atoms with Crippen molar-refractivity contribution in [3.63, 3.8) is 0 Å². The van der Waals surface area contributed by atoms with E-state index in [1.54, 1.807) is 6.92 Å². The van der Waals surface area contributed by atoms with Crippen LogP contribution in [0.1, 0.15) is 52.4 Å². The Balaban J connectivity index is 2.75. The van der Waals surface area contributed by atoms with E-state index < -0.39 is 11.3 Å². The van der Waals surface area contributed by atoms with E-state index in [0.29, 0.717) is 25.9 Å². The summed E-state index contributed by atoms with van der Waals surface area (Å²) in [4.78, 5) is 12.1. The topological polar surface area (TPSA) is 52.3 Å². The molecule has 0 aromatic rings. The number of ether oxygens (including phenoxy) is 1. The van der Waals surface area contributed by atoms with Gasteiger partial charge in [-0.05, 0) is 38.5 Å². The number of hydrogen-bond acceptors (Lipinski definition) is 3. The average molecular weight is 277 g/mol. The normalized spacial score (nSPS) is 25.6. The summed E-state index contributed by atoms with van der Waals surface area (Å²) in [6.07, 6.45) is 2.04. The zero-order valence-corrected chi connectivity index (χ0v) is 11.9. The molecule has 0 spiro atoms. The standard InChI is InChI=1S/C14H25F2NO2/c1-3-13(10-17,12(18)19-4-2)8-11-6-5-7-14(15,16)9-11/h11H,3-10,17H2,1-2H3. The van der Waals surface area contributed by atoms with Crippen molar-refractivity contribution >= 4 is 5.97 Å². The van der Waals surface area contributed by atoms with Crippen LogP contribution in [0.5, 0.6) is 0 Å². The molecule has 5 heteroatoms. The minimum atomic E-state index is -2.59. The van der Waals surface area contributed by atoms with Crippen LogP contribution in [-0.2, 0) is 9.53 Å². The van der Waals surface area contributed by atoms with Gasteiger partial charge in [-0.2, -0.15) is 0 Å². The van der Waals surface area contributed by atoms with Gasteiger partial charge >= 0.3 is 5.97 Å². The first kappa shape index (κ1) is 16.3. The molecule has 1 fully saturated rings. The number of halogens is 2. The van der Waals surface area contributed by atoms with E-state index in [9.17, 15) is 13.6 Å². The molecule has 112 valence electrons. The van der Waals surface area contributed by atoms with E-state index in [1.807, 2.05) is 6.92 Å². The van der Waals surface area contributed by atoms with Crippen LogP contribution < -0.4 is 5.73 Å². The Hall–Kier alpha value is -0.710. The van der Waals surface area contributed by atoms with E-state index in [2.05, 4.69) is 0 Å². The Labute approximate surface area is 113 Å². The molecule has 0 bridgehead atoms. The van der Waals surface area contributed by atoms with Crippen LogP contribution in [0.2, 0.25) is 0 Å². The van der Waals surface area contributed by atoms with E-state index in [1.165, 1.54) is 0 Å². The number of carbonyl (C=O) groups excluding carboxylic acids is 1. The molecule has 2 N–H and O–H groups in total. The first-order valence-corrected chi connectivity index (χ1v) is 7.14. The van der Waals surface area contributed by atoms with Crippen LogP contribution in [0.15, 0.2) is 0 Å². The van der Waals surface area contributed by atoms with E-state index in [0.717, 1.165) is 6.42 Å². The van der Waals surface area contributed by atoms with E-state index in [4.69, 9.17) is 10.5 Å². The van der Waals surface area contributed by atoms with Crippen LogP contribution in [0, 0.1) is 11.3 Å². The van der Waals surface area contributed by atoms with Gasteiger partial charge in [-0.15, -0.1) is 0 Å². The van der Waals surface area contributed by atoms with Crippen molar-refractivity contribution in [1.82, 2.24) is 0 Å². The summed E-state index contributed by atoms with van der Waals surface area (Å²) in [7, 11) is 0. The number of rotatable bonds is 6. The maximum absolute atomic E-state index is 13.4. The summed E-state index contributed by atoms with van der Waals surface area (Å²) in [5.74, 6) is -3.07. The molecule has 0 aromatic heterocycles. The highest BCUT2D eigenvalue weighted by Gasteiger charge is 2.43. The third-order valence-electron chi connectivity index (χ3n) is 4.20. The quantitative estimate of drug-likeness (QED) is 0.759. The van der Waals surface area contributed by atoms with Crippen molar-refractivity contribution in [3.8, 4) is 0 Å². The van der Waals surface area contributed by atoms with E-state index >= 15 is 0 Å². The molecule has 0 aliphatic heterocycles. The van der Waals surface area contributed by atoms with Gasteiger partial charge < -0.3 is 10.5 Å². The summed E-state index contributed by atoms with van der Waals surface area (Å²) >= 11 is 0. The maximum atomic E-state index is 13.4. The SMILES string of the molecule is CCOC(=O)C(CC)(CN)CC1CCCC(F)(F)C1. The van der Waals surface area contributed by atoms with Gasteiger partial charge in [-0.3, -0.25) is 4.79 Å². The molecule has 0 saturated heterocycles. The van der Waals surface area contributed by atoms with Gasteiger partial charge in [0, 0.05) is 19.4 Å². The van der Waals surface area contributed by atoms with Gasteiger partial charge in [0.25, 0.3) is 0 Å². The van der Waals surface area contributed by atoms with E-state index in [-0.39, 0.29) is 31.3 Å². The van der Waals surface area contributed by atoms with Gasteiger partial charge in [-0.1, -0.05) is 6.92 Å². The van der Waals surface area contributed by atoms with Gasteiger partial charge in [0.2, 0.25) is 5.92 Å². The summed E-state index contributed by atoms with van der Waals surface area (Å²) < 4.78 is 32.0. The summed E-state index contributed by atoms with van der Waals surface area (Å²) in [5, 5.41) is 0. The lowest BCUT2D eigenvalue weighted by molar-refractivity contribution is -0.157. The Kier molecular flexibility index (Phi) is 5.71. The van der Waals surface area contributed by atoms with Crippen LogP contribution in [0.25, 0.3) is 0 Å². The Morgan fingerprint density at radius 1 is 1.47 bits per heavy atom. The summed E-state index contributed by atoms with van der Waals surface area (Å²) in [5.41, 5.74) is 4.95. The zero-order chi connectivity index (χ0) is 14.5. The molecule has 2 atom stereocenters. The minimum absolute atomic E-state index is 0.0370. The van der Waals surface area contributed by atoms with Crippen molar-refractivity contribution in [3.05, 3.63) is 0 Å². The molecule has 0 heterocycles. The van der Waals surface area contributed by atoms with Gasteiger partial charge in [0.15, 0.2) is 0 Å². The Morgan fingerprint density at radius 3 is 2.63 bits per heavy atom. The van der Waals surface area contributed by atoms with Crippen LogP contribution in [0.3, 0.4) is 0 Å². The van der Waals surface area contributed by atoms with Gasteiger partial charge in [-0.25, -0.2) is 8.78 Å². The highest BCUT2D eigenvalue weighted by Crippen LogP contribution is 2.43. The van der Waals surface area contributed by atoms with Crippen LogP contribution in [-0.4, -0.2) is 25.0 Å². The van der Waals surface area contributed by atoms with Crippen molar-refractivity contribution in [2.24, 2.45) is 17.1 Å². The molecular formula is C14H25F2NO2. The maximum Gasteiger partial charge on any atom is 0.313 e. The lowest BCUT2D eigenvalue weighted by Crippen LogP contribution is -2.42. The minimum Gasteiger partial charge on any atom is -0.466 e. The van der Waals surface area contributed by atoms with Crippen LogP contribution in [0.4, 0.5) is 8.78 Å². The fourth-order valence-corrected chi connectivity index (χ4v) is 2.97. The smallest absolute Gasteiger partial charge is 0.313 e.